The smallest absolute Gasteiger partial charge is 0.193 e. The molecule has 1 aromatic rings. The summed E-state index contributed by atoms with van der Waals surface area (Å²) in [5, 5.41) is 3.50. The molecule has 2 aliphatic heterocycles. The molecule has 0 aliphatic carbocycles. The van der Waals surface area contributed by atoms with Crippen LogP contribution in [0.4, 0.5) is 0 Å². The van der Waals surface area contributed by atoms with Gasteiger partial charge in [-0.25, -0.2) is 0 Å². The molecule has 0 amide bonds. The maximum atomic E-state index is 4.47. The molecule has 2 heterocycles. The third kappa shape index (κ3) is 3.82. The second kappa shape index (κ2) is 7.47. The summed E-state index contributed by atoms with van der Waals surface area (Å²) in [6, 6.07) is 9.16. The van der Waals surface area contributed by atoms with Gasteiger partial charge in [-0.1, -0.05) is 28.1 Å². The van der Waals surface area contributed by atoms with E-state index in [-0.39, 0.29) is 0 Å². The predicted molar refractivity (Wildman–Crippen MR) is 95.1 cm³/mol. The fourth-order valence-corrected chi connectivity index (χ4v) is 3.72. The third-order valence-electron chi connectivity index (χ3n) is 4.70. The molecule has 2 fully saturated rings. The van der Waals surface area contributed by atoms with Gasteiger partial charge in [0, 0.05) is 37.2 Å². The zero-order valence-corrected chi connectivity index (χ0v) is 14.8. The van der Waals surface area contributed by atoms with Gasteiger partial charge in [0.2, 0.25) is 0 Å². The van der Waals surface area contributed by atoms with Crippen LogP contribution in [0.25, 0.3) is 0 Å². The summed E-state index contributed by atoms with van der Waals surface area (Å²) in [5.41, 5.74) is 1.28. The van der Waals surface area contributed by atoms with Gasteiger partial charge >= 0.3 is 0 Å². The predicted octanol–water partition coefficient (Wildman–Crippen LogP) is 2.69. The summed E-state index contributed by atoms with van der Waals surface area (Å²) >= 11 is 3.47. The topological polar surface area (TPSA) is 30.9 Å². The molecule has 3 rings (SSSR count). The summed E-state index contributed by atoms with van der Waals surface area (Å²) in [5.74, 6) is 1.03. The lowest BCUT2D eigenvalue weighted by Gasteiger charge is -2.25. The van der Waals surface area contributed by atoms with E-state index >= 15 is 0 Å². The Bertz CT molecular complexity index is 508. The SMILES string of the molecule is CN=C(NCc1ccc(Br)cc1)N1CCC(N2CCCC2)C1. The number of hydrogen-bond donors (Lipinski definition) is 1. The Morgan fingerprint density at radius 1 is 1.23 bits per heavy atom. The standard InChI is InChI=1S/C17H25BrN4/c1-19-17(20-12-14-4-6-15(18)7-5-14)22-11-8-16(13-22)21-9-2-3-10-21/h4-7,16H,2-3,8-13H2,1H3,(H,19,20). The number of guanidine groups is 1. The lowest BCUT2D eigenvalue weighted by molar-refractivity contribution is 0.249. The van der Waals surface area contributed by atoms with Crippen LogP contribution in [0, 0.1) is 0 Å². The molecule has 2 aliphatic rings. The highest BCUT2D eigenvalue weighted by atomic mass is 79.9. The van der Waals surface area contributed by atoms with Gasteiger partial charge in [-0.05, 0) is 50.0 Å². The number of nitrogens with zero attached hydrogens (tertiary/aromatic N) is 3. The van der Waals surface area contributed by atoms with Crippen LogP contribution < -0.4 is 5.32 Å². The fraction of sp³-hybridized carbons (Fsp3) is 0.588. The van der Waals surface area contributed by atoms with Crippen molar-refractivity contribution in [1.82, 2.24) is 15.1 Å². The summed E-state index contributed by atoms with van der Waals surface area (Å²) in [6.07, 6.45) is 4.00. The first kappa shape index (κ1) is 15.8. The molecular weight excluding hydrogens is 340 g/mol. The minimum atomic E-state index is 0.716. The van der Waals surface area contributed by atoms with E-state index in [0.29, 0.717) is 6.04 Å². The number of rotatable bonds is 3. The lowest BCUT2D eigenvalue weighted by atomic mass is 10.2. The number of hydrogen-bond acceptors (Lipinski definition) is 2. The molecule has 22 heavy (non-hydrogen) atoms. The minimum Gasteiger partial charge on any atom is -0.352 e. The van der Waals surface area contributed by atoms with Crippen LogP contribution >= 0.6 is 15.9 Å². The largest absolute Gasteiger partial charge is 0.352 e. The lowest BCUT2D eigenvalue weighted by Crippen LogP contribution is -2.42. The van der Waals surface area contributed by atoms with E-state index in [1.165, 1.54) is 37.9 Å². The van der Waals surface area contributed by atoms with Gasteiger partial charge in [-0.3, -0.25) is 9.89 Å². The van der Waals surface area contributed by atoms with E-state index < -0.39 is 0 Å². The Kier molecular flexibility index (Phi) is 5.37. The van der Waals surface area contributed by atoms with E-state index in [9.17, 15) is 0 Å². The molecule has 1 atom stereocenters. The van der Waals surface area contributed by atoms with Crippen molar-refractivity contribution in [3.63, 3.8) is 0 Å². The molecule has 0 bridgehead atoms. The van der Waals surface area contributed by atoms with Crippen LogP contribution in [0.15, 0.2) is 33.7 Å². The molecule has 120 valence electrons. The van der Waals surface area contributed by atoms with Gasteiger partial charge in [0.25, 0.3) is 0 Å². The molecule has 0 aromatic heterocycles. The van der Waals surface area contributed by atoms with Crippen LogP contribution in [0.1, 0.15) is 24.8 Å². The Morgan fingerprint density at radius 2 is 1.95 bits per heavy atom. The maximum Gasteiger partial charge on any atom is 0.193 e. The minimum absolute atomic E-state index is 0.716. The van der Waals surface area contributed by atoms with Crippen molar-refractivity contribution in [3.8, 4) is 0 Å². The second-order valence-electron chi connectivity index (χ2n) is 6.16. The zero-order chi connectivity index (χ0) is 15.4. The highest BCUT2D eigenvalue weighted by molar-refractivity contribution is 9.10. The van der Waals surface area contributed by atoms with Crippen LogP contribution in [-0.2, 0) is 6.54 Å². The number of halogens is 1. The number of likely N-dealkylation sites (tertiary alicyclic amines) is 2. The molecule has 1 unspecified atom stereocenters. The average molecular weight is 365 g/mol. The molecule has 0 spiro atoms. The molecule has 2 saturated heterocycles. The fourth-order valence-electron chi connectivity index (χ4n) is 3.45. The molecule has 0 saturated carbocycles. The summed E-state index contributed by atoms with van der Waals surface area (Å²) in [6.45, 7) is 5.61. The van der Waals surface area contributed by atoms with E-state index in [2.05, 4.69) is 60.3 Å². The van der Waals surface area contributed by atoms with Gasteiger partial charge in [0.05, 0.1) is 0 Å². The van der Waals surface area contributed by atoms with E-state index in [1.54, 1.807) is 0 Å². The molecule has 4 nitrogen and oxygen atoms in total. The Balaban J connectivity index is 1.52. The van der Waals surface area contributed by atoms with Crippen molar-refractivity contribution in [2.45, 2.75) is 31.8 Å². The number of benzene rings is 1. The Hall–Kier alpha value is -1.07. The third-order valence-corrected chi connectivity index (χ3v) is 5.22. The zero-order valence-electron chi connectivity index (χ0n) is 13.3. The van der Waals surface area contributed by atoms with E-state index in [1.807, 2.05) is 7.05 Å². The summed E-state index contributed by atoms with van der Waals surface area (Å²) in [4.78, 5) is 9.53. The van der Waals surface area contributed by atoms with Crippen molar-refractivity contribution >= 4 is 21.9 Å². The quantitative estimate of drug-likeness (QED) is 0.660. The first-order valence-corrected chi connectivity index (χ1v) is 8.99. The van der Waals surface area contributed by atoms with Crippen molar-refractivity contribution in [1.29, 1.82) is 0 Å². The molecule has 5 heteroatoms. The van der Waals surface area contributed by atoms with Crippen molar-refractivity contribution in [2.75, 3.05) is 33.2 Å². The van der Waals surface area contributed by atoms with E-state index in [4.69, 9.17) is 0 Å². The first-order valence-electron chi connectivity index (χ1n) is 8.20. The van der Waals surface area contributed by atoms with Crippen molar-refractivity contribution < 1.29 is 0 Å². The van der Waals surface area contributed by atoms with Crippen LogP contribution in [-0.4, -0.2) is 55.0 Å². The van der Waals surface area contributed by atoms with Gasteiger partial charge < -0.3 is 10.2 Å². The Labute approximate surface area is 141 Å². The number of nitrogens with one attached hydrogen (secondary N) is 1. The normalized spacial score (nSPS) is 23.3. The van der Waals surface area contributed by atoms with Gasteiger partial charge in [-0.15, -0.1) is 0 Å². The van der Waals surface area contributed by atoms with Crippen LogP contribution in [0.2, 0.25) is 0 Å². The maximum absolute atomic E-state index is 4.47. The van der Waals surface area contributed by atoms with Gasteiger partial charge in [0.15, 0.2) is 5.96 Å². The average Bonchev–Trinajstić information content (AvgIpc) is 3.20. The molecule has 1 N–H and O–H groups in total. The summed E-state index contributed by atoms with van der Waals surface area (Å²) < 4.78 is 1.12. The van der Waals surface area contributed by atoms with Gasteiger partial charge in [-0.2, -0.15) is 0 Å². The van der Waals surface area contributed by atoms with Crippen molar-refractivity contribution in [2.24, 2.45) is 4.99 Å². The highest BCUT2D eigenvalue weighted by Crippen LogP contribution is 2.20. The van der Waals surface area contributed by atoms with E-state index in [0.717, 1.165) is 30.1 Å². The summed E-state index contributed by atoms with van der Waals surface area (Å²) in [7, 11) is 1.88. The second-order valence-corrected chi connectivity index (χ2v) is 7.07. The molecular formula is C17H25BrN4. The van der Waals surface area contributed by atoms with Crippen LogP contribution in [0.5, 0.6) is 0 Å². The molecule has 1 aromatic carbocycles. The molecule has 0 radical (unpaired) electrons. The monoisotopic (exact) mass is 364 g/mol. The van der Waals surface area contributed by atoms with Crippen LogP contribution in [0.3, 0.4) is 0 Å². The Morgan fingerprint density at radius 3 is 2.64 bits per heavy atom. The highest BCUT2D eigenvalue weighted by Gasteiger charge is 2.30. The number of aliphatic imine (C=N–C) groups is 1. The van der Waals surface area contributed by atoms with Gasteiger partial charge in [0.1, 0.15) is 0 Å². The first-order chi connectivity index (χ1) is 10.8. The van der Waals surface area contributed by atoms with Crippen molar-refractivity contribution in [3.05, 3.63) is 34.3 Å².